The monoisotopic (exact) mass is 266 g/mol. The summed E-state index contributed by atoms with van der Waals surface area (Å²) in [6.45, 7) is 4.81. The van der Waals surface area contributed by atoms with Gasteiger partial charge in [0.1, 0.15) is 24.0 Å². The smallest absolute Gasteiger partial charge is 0.323 e. The van der Waals surface area contributed by atoms with Crippen LogP contribution in [0.3, 0.4) is 0 Å². The van der Waals surface area contributed by atoms with Crippen molar-refractivity contribution >= 4 is 17.6 Å². The molecule has 0 amide bonds. The number of likely N-dealkylation sites (N-methyl/N-ethyl adjacent to an activating group) is 1. The van der Waals surface area contributed by atoms with Gasteiger partial charge in [-0.1, -0.05) is 13.3 Å². The Morgan fingerprint density at radius 3 is 2.37 bits per heavy atom. The van der Waals surface area contributed by atoms with Crippen LogP contribution in [0.5, 0.6) is 0 Å². The van der Waals surface area contributed by atoms with Crippen LogP contribution in [0, 0.1) is 6.92 Å². The van der Waals surface area contributed by atoms with E-state index in [1.54, 1.807) is 11.9 Å². The Balaban J connectivity index is 2.89. The number of hydrogen-bond donors (Lipinski definition) is 1. The Labute approximate surface area is 114 Å². The van der Waals surface area contributed by atoms with Crippen LogP contribution in [-0.4, -0.2) is 48.2 Å². The first-order valence-corrected chi connectivity index (χ1v) is 6.43. The van der Waals surface area contributed by atoms with Gasteiger partial charge in [-0.25, -0.2) is 9.97 Å². The first-order chi connectivity index (χ1) is 8.93. The molecule has 1 aromatic heterocycles. The van der Waals surface area contributed by atoms with Gasteiger partial charge in [-0.05, 0) is 13.3 Å². The summed E-state index contributed by atoms with van der Waals surface area (Å²) in [7, 11) is 3.70. The molecule has 6 nitrogen and oxygen atoms in total. The van der Waals surface area contributed by atoms with Gasteiger partial charge in [0.25, 0.3) is 0 Å². The normalized spacial score (nSPS) is 10.3. The molecule has 0 aliphatic heterocycles. The Morgan fingerprint density at radius 1 is 1.26 bits per heavy atom. The fourth-order valence-corrected chi connectivity index (χ4v) is 1.72. The molecule has 0 spiro atoms. The average Bonchev–Trinajstić information content (AvgIpc) is 2.34. The molecule has 1 aromatic rings. The zero-order chi connectivity index (χ0) is 14.4. The lowest BCUT2D eigenvalue weighted by Crippen LogP contribution is -2.27. The predicted molar refractivity (Wildman–Crippen MR) is 75.9 cm³/mol. The molecule has 6 heteroatoms. The molecule has 0 saturated carbocycles. The maximum atomic E-state index is 10.7. The van der Waals surface area contributed by atoms with E-state index in [0.29, 0.717) is 11.6 Å². The second-order valence-electron chi connectivity index (χ2n) is 4.66. The Kier molecular flexibility index (Phi) is 5.54. The Hall–Kier alpha value is -1.85. The zero-order valence-corrected chi connectivity index (χ0v) is 12.1. The molecule has 0 radical (unpaired) electrons. The van der Waals surface area contributed by atoms with Crippen LogP contribution in [0.2, 0.25) is 0 Å². The molecule has 1 N–H and O–H groups in total. The molecule has 0 aromatic carbocycles. The summed E-state index contributed by atoms with van der Waals surface area (Å²) in [4.78, 5) is 23.1. The highest BCUT2D eigenvalue weighted by molar-refractivity contribution is 5.73. The molecule has 1 rings (SSSR count). The molecular formula is C13H22N4O2. The minimum absolute atomic E-state index is 0.0748. The zero-order valence-electron chi connectivity index (χ0n) is 12.1. The molecule has 106 valence electrons. The van der Waals surface area contributed by atoms with Crippen molar-refractivity contribution in [2.45, 2.75) is 26.7 Å². The summed E-state index contributed by atoms with van der Waals surface area (Å²) in [5.41, 5.74) is 0. The number of hydrogen-bond acceptors (Lipinski definition) is 5. The molecule has 0 bridgehead atoms. The van der Waals surface area contributed by atoms with E-state index in [2.05, 4.69) is 21.8 Å². The fourth-order valence-electron chi connectivity index (χ4n) is 1.72. The van der Waals surface area contributed by atoms with Gasteiger partial charge in [-0.15, -0.1) is 0 Å². The van der Waals surface area contributed by atoms with E-state index in [-0.39, 0.29) is 6.54 Å². The molecule has 0 atom stereocenters. The summed E-state index contributed by atoms with van der Waals surface area (Å²) >= 11 is 0. The number of aryl methyl sites for hydroxylation is 1. The molecule has 19 heavy (non-hydrogen) atoms. The van der Waals surface area contributed by atoms with E-state index >= 15 is 0 Å². The quantitative estimate of drug-likeness (QED) is 0.807. The molecule has 0 unspecified atom stereocenters. The maximum Gasteiger partial charge on any atom is 0.323 e. The third-order valence-corrected chi connectivity index (χ3v) is 2.81. The summed E-state index contributed by atoms with van der Waals surface area (Å²) in [5.74, 6) is 1.23. The number of carboxylic acids is 1. The van der Waals surface area contributed by atoms with Crippen molar-refractivity contribution in [3.8, 4) is 0 Å². The molecule has 0 fully saturated rings. The van der Waals surface area contributed by atoms with Crippen molar-refractivity contribution in [2.75, 3.05) is 37.0 Å². The summed E-state index contributed by atoms with van der Waals surface area (Å²) < 4.78 is 0. The van der Waals surface area contributed by atoms with Gasteiger partial charge in [-0.2, -0.15) is 0 Å². The van der Waals surface area contributed by atoms with Gasteiger partial charge < -0.3 is 14.9 Å². The molecule has 0 aliphatic rings. The number of carbonyl (C=O) groups is 1. The van der Waals surface area contributed by atoms with Crippen molar-refractivity contribution in [1.82, 2.24) is 9.97 Å². The van der Waals surface area contributed by atoms with Gasteiger partial charge in [0.2, 0.25) is 0 Å². The number of unbranched alkanes of at least 4 members (excludes halogenated alkanes) is 1. The van der Waals surface area contributed by atoms with Crippen molar-refractivity contribution in [2.24, 2.45) is 0 Å². The van der Waals surface area contributed by atoms with Gasteiger partial charge >= 0.3 is 5.97 Å². The minimum Gasteiger partial charge on any atom is -0.480 e. The molecule has 0 aliphatic carbocycles. The van der Waals surface area contributed by atoms with Gasteiger partial charge in [0.15, 0.2) is 0 Å². The lowest BCUT2D eigenvalue weighted by atomic mass is 10.3. The summed E-state index contributed by atoms with van der Waals surface area (Å²) in [6, 6.07) is 1.82. The van der Waals surface area contributed by atoms with Gasteiger partial charge in [0, 0.05) is 26.7 Å². The number of rotatable bonds is 7. The van der Waals surface area contributed by atoms with Crippen LogP contribution in [0.25, 0.3) is 0 Å². The lowest BCUT2D eigenvalue weighted by molar-refractivity contribution is -0.135. The average molecular weight is 266 g/mol. The summed E-state index contributed by atoms with van der Waals surface area (Å²) in [5, 5.41) is 8.81. The number of aliphatic carboxylic acids is 1. The number of anilines is 2. The van der Waals surface area contributed by atoms with E-state index < -0.39 is 5.97 Å². The minimum atomic E-state index is -0.875. The fraction of sp³-hybridized carbons (Fsp3) is 0.615. The van der Waals surface area contributed by atoms with E-state index in [1.165, 1.54) is 0 Å². The van der Waals surface area contributed by atoms with E-state index in [9.17, 15) is 4.79 Å². The molecular weight excluding hydrogens is 244 g/mol. The first kappa shape index (κ1) is 15.2. The highest BCUT2D eigenvalue weighted by Crippen LogP contribution is 2.17. The standard InChI is InChI=1S/C13H22N4O2/c1-5-6-7-16(3)11-8-12(15-10(2)14-11)17(4)9-13(18)19/h8H,5-7,9H2,1-4H3,(H,18,19). The van der Waals surface area contributed by atoms with Crippen LogP contribution in [-0.2, 0) is 4.79 Å². The highest BCUT2D eigenvalue weighted by Gasteiger charge is 2.11. The SMILES string of the molecule is CCCCN(C)c1cc(N(C)CC(=O)O)nc(C)n1. The van der Waals surface area contributed by atoms with Gasteiger partial charge in [-0.3, -0.25) is 4.79 Å². The van der Waals surface area contributed by atoms with Crippen LogP contribution < -0.4 is 9.80 Å². The topological polar surface area (TPSA) is 69.6 Å². The van der Waals surface area contributed by atoms with Crippen molar-refractivity contribution in [3.05, 3.63) is 11.9 Å². The van der Waals surface area contributed by atoms with E-state index in [0.717, 1.165) is 25.2 Å². The largest absolute Gasteiger partial charge is 0.480 e. The second-order valence-corrected chi connectivity index (χ2v) is 4.66. The van der Waals surface area contributed by atoms with Crippen LogP contribution in [0.1, 0.15) is 25.6 Å². The number of nitrogens with zero attached hydrogens (tertiary/aromatic N) is 4. The van der Waals surface area contributed by atoms with Crippen LogP contribution in [0.4, 0.5) is 11.6 Å². The molecule has 0 saturated heterocycles. The number of carboxylic acid groups (broad SMARTS) is 1. The maximum absolute atomic E-state index is 10.7. The Morgan fingerprint density at radius 2 is 1.84 bits per heavy atom. The number of aromatic nitrogens is 2. The highest BCUT2D eigenvalue weighted by atomic mass is 16.4. The second kappa shape index (κ2) is 6.92. The lowest BCUT2D eigenvalue weighted by Gasteiger charge is -2.21. The van der Waals surface area contributed by atoms with Crippen LogP contribution >= 0.6 is 0 Å². The molecule has 1 heterocycles. The Bertz CT molecular complexity index is 437. The third-order valence-electron chi connectivity index (χ3n) is 2.81. The van der Waals surface area contributed by atoms with E-state index in [1.807, 2.05) is 20.0 Å². The van der Waals surface area contributed by atoms with Crippen molar-refractivity contribution in [3.63, 3.8) is 0 Å². The van der Waals surface area contributed by atoms with Crippen molar-refractivity contribution < 1.29 is 9.90 Å². The summed E-state index contributed by atoms with van der Waals surface area (Å²) in [6.07, 6.45) is 2.22. The van der Waals surface area contributed by atoms with E-state index in [4.69, 9.17) is 5.11 Å². The predicted octanol–water partition coefficient (Wildman–Crippen LogP) is 1.54. The third kappa shape index (κ3) is 4.73. The van der Waals surface area contributed by atoms with Crippen molar-refractivity contribution in [1.29, 1.82) is 0 Å². The van der Waals surface area contributed by atoms with Gasteiger partial charge in [0.05, 0.1) is 0 Å². The van der Waals surface area contributed by atoms with Crippen LogP contribution in [0.15, 0.2) is 6.07 Å². The first-order valence-electron chi connectivity index (χ1n) is 6.43.